The smallest absolute Gasteiger partial charge is 0.277 e. The summed E-state index contributed by atoms with van der Waals surface area (Å²) in [5.41, 5.74) is 10.6. The van der Waals surface area contributed by atoms with E-state index in [1.165, 1.54) is 0 Å². The molecule has 0 aliphatic carbocycles. The molecule has 3 unspecified atom stereocenters. The lowest BCUT2D eigenvalue weighted by molar-refractivity contribution is -0.108. The Morgan fingerprint density at radius 1 is 1.48 bits per heavy atom. The van der Waals surface area contributed by atoms with Gasteiger partial charge in [-0.15, -0.1) is 0 Å². The van der Waals surface area contributed by atoms with Crippen LogP contribution in [0.2, 0.25) is 0 Å². The molecule has 0 saturated carbocycles. The third-order valence-electron chi connectivity index (χ3n) is 2.90. The van der Waals surface area contributed by atoms with Crippen LogP contribution in [-0.2, 0) is 14.1 Å². The number of nitrogen functional groups attached to an aromatic ring is 2. The lowest BCUT2D eigenvalue weighted by Crippen LogP contribution is -2.24. The predicted molar refractivity (Wildman–Crippen MR) is 90.5 cm³/mol. The highest BCUT2D eigenvalue weighted by Crippen LogP contribution is 2.12. The number of aldehydes is 1. The van der Waals surface area contributed by atoms with Crippen molar-refractivity contribution in [3.63, 3.8) is 0 Å². The van der Waals surface area contributed by atoms with Gasteiger partial charge in [-0.25, -0.2) is 0 Å². The number of ether oxygens (including phenoxy) is 1. The van der Waals surface area contributed by atoms with Gasteiger partial charge < -0.3 is 30.8 Å². The average molecular weight is 346 g/mol. The van der Waals surface area contributed by atoms with E-state index in [4.69, 9.17) is 20.7 Å². The maximum atomic E-state index is 11.5. The lowest BCUT2D eigenvalue weighted by atomic mass is 10.2. The second-order valence-corrected chi connectivity index (χ2v) is 5.55. The Kier molecular flexibility index (Phi) is 8.49. The number of carbonyl (C=O) groups excluding carboxylic acids is 1. The summed E-state index contributed by atoms with van der Waals surface area (Å²) in [5, 5.41) is 5.85. The number of anilines is 3. The van der Waals surface area contributed by atoms with Gasteiger partial charge in [0.15, 0.2) is 5.82 Å². The van der Waals surface area contributed by atoms with E-state index in [-0.39, 0.29) is 38.6 Å². The quantitative estimate of drug-likeness (QED) is 0.201. The molecule has 0 amide bonds. The summed E-state index contributed by atoms with van der Waals surface area (Å²) >= 11 is 0. The van der Waals surface area contributed by atoms with Crippen LogP contribution in [0.3, 0.4) is 0 Å². The molecule has 1 rings (SSSR count). The first-order chi connectivity index (χ1) is 11.0. The fraction of sp³-hybridized carbons (Fsp3) is 0.583. The highest BCUT2D eigenvalue weighted by atomic mass is 31.1. The molecule has 11 heteroatoms. The highest BCUT2D eigenvalue weighted by Gasteiger charge is 2.10. The fourth-order valence-corrected chi connectivity index (χ4v) is 2.17. The van der Waals surface area contributed by atoms with Gasteiger partial charge in [0.2, 0.25) is 5.95 Å². The number of hydrogen-bond donors (Lipinski definition) is 5. The van der Waals surface area contributed by atoms with E-state index in [1.807, 2.05) is 0 Å². The summed E-state index contributed by atoms with van der Waals surface area (Å²) in [7, 11) is 1.59. The number of nitrogens with two attached hydrogens (primary N) is 2. The Labute approximate surface area is 135 Å². The van der Waals surface area contributed by atoms with Gasteiger partial charge in [0, 0.05) is 13.7 Å². The zero-order chi connectivity index (χ0) is 17.2. The summed E-state index contributed by atoms with van der Waals surface area (Å²) in [4.78, 5) is 28.1. The summed E-state index contributed by atoms with van der Waals surface area (Å²) in [5.74, 6) is 0.236. The maximum absolute atomic E-state index is 11.5. The van der Waals surface area contributed by atoms with Crippen molar-refractivity contribution in [1.29, 1.82) is 0 Å². The van der Waals surface area contributed by atoms with Crippen molar-refractivity contribution in [2.45, 2.75) is 25.5 Å². The molecule has 0 bridgehead atoms. The molecule has 0 aromatic carbocycles. The number of rotatable bonds is 11. The van der Waals surface area contributed by atoms with Crippen LogP contribution in [0.4, 0.5) is 17.5 Å². The first-order valence-electron chi connectivity index (χ1n) is 6.97. The maximum Gasteiger partial charge on any atom is 0.277 e. The molecule has 0 radical (unpaired) electrons. The molecule has 0 aliphatic rings. The first kappa shape index (κ1) is 19.3. The van der Waals surface area contributed by atoms with Gasteiger partial charge in [-0.2, -0.15) is 4.98 Å². The van der Waals surface area contributed by atoms with Gasteiger partial charge in [-0.3, -0.25) is 14.9 Å². The summed E-state index contributed by atoms with van der Waals surface area (Å²) in [6.07, 6.45) is 1.26. The molecule has 3 atom stereocenters. The Bertz CT molecular complexity index is 555. The van der Waals surface area contributed by atoms with Gasteiger partial charge in [0.25, 0.3) is 5.56 Å². The molecule has 0 aliphatic heterocycles. The van der Waals surface area contributed by atoms with E-state index < -0.39 is 5.56 Å². The van der Waals surface area contributed by atoms with Crippen molar-refractivity contribution in [3.8, 4) is 0 Å². The van der Waals surface area contributed by atoms with Crippen molar-refractivity contribution in [2.75, 3.05) is 37.0 Å². The third-order valence-corrected chi connectivity index (χ3v) is 3.78. The predicted octanol–water partition coefficient (Wildman–Crippen LogP) is -0.547. The van der Waals surface area contributed by atoms with E-state index in [2.05, 4.69) is 20.4 Å². The molecular formula is C12H23N6O4P. The number of hydrogen-bond acceptors (Lipinski definition) is 9. The van der Waals surface area contributed by atoms with Gasteiger partial charge in [0.05, 0.1) is 27.7 Å². The van der Waals surface area contributed by atoms with Gasteiger partial charge in [0.1, 0.15) is 12.0 Å². The zero-order valence-electron chi connectivity index (χ0n) is 13.1. The summed E-state index contributed by atoms with van der Waals surface area (Å²) in [6, 6.07) is -0.244. The van der Waals surface area contributed by atoms with Crippen molar-refractivity contribution in [2.24, 2.45) is 0 Å². The van der Waals surface area contributed by atoms with E-state index in [9.17, 15) is 9.59 Å². The van der Waals surface area contributed by atoms with Crippen LogP contribution in [0, 0.1) is 0 Å². The number of nitrogens with one attached hydrogen (secondary N) is 3. The summed E-state index contributed by atoms with van der Waals surface area (Å²) < 4.78 is 10.7. The van der Waals surface area contributed by atoms with Crippen molar-refractivity contribution in [1.82, 2.24) is 15.1 Å². The van der Waals surface area contributed by atoms with Crippen molar-refractivity contribution in [3.05, 3.63) is 10.4 Å². The van der Waals surface area contributed by atoms with Gasteiger partial charge in [-0.1, -0.05) is 0 Å². The van der Waals surface area contributed by atoms with Crippen LogP contribution in [-0.4, -0.2) is 48.7 Å². The summed E-state index contributed by atoms with van der Waals surface area (Å²) in [6.45, 7) is 2.59. The number of H-pyrrole nitrogens is 1. The second-order valence-electron chi connectivity index (χ2n) is 4.77. The molecule has 1 heterocycles. The normalized spacial score (nSPS) is 14.0. The Morgan fingerprint density at radius 2 is 2.22 bits per heavy atom. The molecule has 23 heavy (non-hydrogen) atoms. The van der Waals surface area contributed by atoms with E-state index >= 15 is 0 Å². The molecule has 1 aromatic rings. The Morgan fingerprint density at radius 3 is 2.87 bits per heavy atom. The Balaban J connectivity index is 2.35. The topological polar surface area (TPSA) is 157 Å². The number of aromatic nitrogens is 2. The van der Waals surface area contributed by atoms with Crippen LogP contribution in [0.1, 0.15) is 13.3 Å². The van der Waals surface area contributed by atoms with Crippen molar-refractivity contribution < 1.29 is 14.1 Å². The molecule has 0 saturated heterocycles. The van der Waals surface area contributed by atoms with Crippen LogP contribution in [0.15, 0.2) is 4.79 Å². The van der Waals surface area contributed by atoms with Crippen LogP contribution in [0.25, 0.3) is 0 Å². The standard InChI is InChI=1S/C12H23N6O4P/c1-7(5-19)18-23-22-6-8(21-2)3-4-15-10-9(13)11(20)17-12(14)16-10/h5,7-8,18,23H,3-4,6,13H2,1-2H3,(H4,14,15,16,17,20). The fourth-order valence-electron chi connectivity index (χ4n) is 1.56. The zero-order valence-corrected chi connectivity index (χ0v) is 14.1. The SMILES string of the molecule is COC(CCNc1nc(N)[nH]c(=O)c1N)COPNC(C)C=O. The minimum atomic E-state index is -0.483. The Hall–Kier alpha value is -1.74. The molecule has 1 aromatic heterocycles. The van der Waals surface area contributed by atoms with Crippen molar-refractivity contribution >= 4 is 32.7 Å². The number of carbonyl (C=O) groups is 1. The van der Waals surface area contributed by atoms with Gasteiger partial charge in [-0.05, 0) is 13.3 Å². The van der Waals surface area contributed by atoms with Gasteiger partial charge >= 0.3 is 0 Å². The molecule has 7 N–H and O–H groups in total. The van der Waals surface area contributed by atoms with E-state index in [0.717, 1.165) is 6.29 Å². The molecule has 130 valence electrons. The van der Waals surface area contributed by atoms with E-state index in [0.29, 0.717) is 19.6 Å². The highest BCUT2D eigenvalue weighted by molar-refractivity contribution is 7.29. The monoisotopic (exact) mass is 346 g/mol. The minimum absolute atomic E-state index is 0.00473. The largest absolute Gasteiger partial charge is 0.391 e. The third kappa shape index (κ3) is 6.91. The number of nitrogens with zero attached hydrogens (tertiary/aromatic N) is 1. The molecule has 0 spiro atoms. The number of aromatic amines is 1. The van der Waals surface area contributed by atoms with E-state index in [1.54, 1.807) is 14.0 Å². The number of methoxy groups -OCH3 is 1. The van der Waals surface area contributed by atoms with Crippen LogP contribution in [0.5, 0.6) is 0 Å². The average Bonchev–Trinajstić information content (AvgIpc) is 2.53. The van der Waals surface area contributed by atoms with Crippen LogP contribution < -0.4 is 27.4 Å². The molecule has 0 fully saturated rings. The first-order valence-corrected chi connectivity index (χ1v) is 7.88. The molecule has 10 nitrogen and oxygen atoms in total. The second kappa shape index (κ2) is 10.1. The van der Waals surface area contributed by atoms with Crippen LogP contribution >= 0.6 is 8.96 Å². The minimum Gasteiger partial charge on any atom is -0.391 e. The lowest BCUT2D eigenvalue weighted by Gasteiger charge is -2.17. The molecular weight excluding hydrogens is 323 g/mol.